The number of aliphatic hydroxyl groups is 1. The summed E-state index contributed by atoms with van der Waals surface area (Å²) in [7, 11) is -8.34. The van der Waals surface area contributed by atoms with E-state index in [0.29, 0.717) is 19.3 Å². The quantitative estimate of drug-likeness (QED) is 0.135. The van der Waals surface area contributed by atoms with Crippen molar-refractivity contribution >= 4 is 23.5 Å². The molecule has 0 heterocycles. The smallest absolute Gasteiger partial charge is 0.391 e. The van der Waals surface area contributed by atoms with Crippen molar-refractivity contribution in [2.24, 2.45) is 0 Å². The number of sulfonamides is 1. The molecule has 0 fully saturated rings. The van der Waals surface area contributed by atoms with Gasteiger partial charge in [0.25, 0.3) is 0 Å². The van der Waals surface area contributed by atoms with E-state index in [4.69, 9.17) is 14.7 Å². The van der Waals surface area contributed by atoms with E-state index in [2.05, 4.69) is 11.6 Å². The van der Waals surface area contributed by atoms with Crippen LogP contribution in [0.1, 0.15) is 104 Å². The van der Waals surface area contributed by atoms with Crippen molar-refractivity contribution in [1.29, 1.82) is 0 Å². The summed E-state index contributed by atoms with van der Waals surface area (Å²) in [4.78, 5) is 38.8. The summed E-state index contributed by atoms with van der Waals surface area (Å²) in [5.74, 6) is -0.0506. The minimum Gasteiger partial charge on any atom is -0.391 e. The lowest BCUT2D eigenvalue weighted by Crippen LogP contribution is -2.45. The summed E-state index contributed by atoms with van der Waals surface area (Å²) in [6.45, 7) is 4.21. The SMILES string of the molecule is CCCCCCCCCCS(=O)(=O)NC(CCCCCC)C(O)CC(=O)[P+](O)(O)O. The Balaban J connectivity index is 4.60. The zero-order chi connectivity index (χ0) is 23.0. The summed E-state index contributed by atoms with van der Waals surface area (Å²) in [5.41, 5.74) is -1.27. The monoisotopic (exact) mass is 472 g/mol. The first-order valence-corrected chi connectivity index (χ1v) is 14.6. The largest absolute Gasteiger partial charge is 0.478 e. The molecule has 0 radical (unpaired) electrons. The maximum absolute atomic E-state index is 12.4. The average molecular weight is 473 g/mol. The molecule has 2 atom stereocenters. The fourth-order valence-electron chi connectivity index (χ4n) is 3.28. The van der Waals surface area contributed by atoms with Gasteiger partial charge in [0, 0.05) is 6.04 Å². The minimum atomic E-state index is -4.70. The maximum Gasteiger partial charge on any atom is 0.478 e. The summed E-state index contributed by atoms with van der Waals surface area (Å²) < 4.78 is 27.4. The van der Waals surface area contributed by atoms with E-state index in [-0.39, 0.29) is 5.75 Å². The van der Waals surface area contributed by atoms with Gasteiger partial charge in [-0.05, 0) is 12.8 Å². The molecule has 0 aromatic heterocycles. The predicted octanol–water partition coefficient (Wildman–Crippen LogP) is 3.40. The second-order valence-electron chi connectivity index (χ2n) is 8.10. The van der Waals surface area contributed by atoms with Crippen LogP contribution in [0, 0.1) is 0 Å². The van der Waals surface area contributed by atoms with Crippen LogP contribution in [0.2, 0.25) is 0 Å². The second-order valence-corrected chi connectivity index (χ2v) is 11.6. The zero-order valence-electron chi connectivity index (χ0n) is 18.6. The predicted molar refractivity (Wildman–Crippen MR) is 121 cm³/mol. The third-order valence-electron chi connectivity index (χ3n) is 5.15. The van der Waals surface area contributed by atoms with Gasteiger partial charge in [-0.1, -0.05) is 84.5 Å². The highest BCUT2D eigenvalue weighted by Crippen LogP contribution is 2.46. The van der Waals surface area contributed by atoms with Crippen LogP contribution in [-0.4, -0.2) is 51.6 Å². The first-order chi connectivity index (χ1) is 14.0. The van der Waals surface area contributed by atoms with Crippen molar-refractivity contribution < 1.29 is 33.0 Å². The Kier molecular flexibility index (Phi) is 16.4. The summed E-state index contributed by atoms with van der Waals surface area (Å²) in [5, 5.41) is 10.3. The van der Waals surface area contributed by atoms with E-state index in [1.54, 1.807) is 0 Å². The summed E-state index contributed by atoms with van der Waals surface area (Å²) in [6.07, 6.45) is 9.95. The number of unbranched alkanes of at least 4 members (excludes halogenated alkanes) is 10. The fourth-order valence-corrected chi connectivity index (χ4v) is 5.15. The molecule has 5 N–H and O–H groups in total. The van der Waals surface area contributed by atoms with Gasteiger partial charge < -0.3 is 5.11 Å². The lowest BCUT2D eigenvalue weighted by atomic mass is 10.0. The molecule has 0 aliphatic heterocycles. The number of aliphatic hydroxyl groups excluding tert-OH is 1. The van der Waals surface area contributed by atoms with Crippen LogP contribution in [-0.2, 0) is 14.8 Å². The number of rotatable bonds is 20. The van der Waals surface area contributed by atoms with Crippen LogP contribution in [0.15, 0.2) is 0 Å². The maximum atomic E-state index is 12.4. The molecular weight excluding hydrogens is 429 g/mol. The highest BCUT2D eigenvalue weighted by atomic mass is 32.2. The van der Waals surface area contributed by atoms with Crippen LogP contribution in [0.3, 0.4) is 0 Å². The van der Waals surface area contributed by atoms with Crippen molar-refractivity contribution in [3.8, 4) is 0 Å². The van der Waals surface area contributed by atoms with Gasteiger partial charge in [-0.2, -0.15) is 14.7 Å². The standard InChI is InChI=1S/C20H43NO7PS/c1-3-5-7-9-10-11-12-14-16-30(27,28)21-18(15-13-8-6-4-2)19(22)17-20(23)29(24,25)26/h18-19,21-22,24-26H,3-17H2,1-2H3/q+1. The van der Waals surface area contributed by atoms with Crippen molar-refractivity contribution in [2.75, 3.05) is 5.75 Å². The van der Waals surface area contributed by atoms with Gasteiger partial charge in [-0.3, -0.25) is 0 Å². The Hall–Kier alpha value is -0.150. The lowest BCUT2D eigenvalue weighted by Gasteiger charge is -2.23. The Morgan fingerprint density at radius 2 is 1.30 bits per heavy atom. The zero-order valence-corrected chi connectivity index (χ0v) is 20.3. The van der Waals surface area contributed by atoms with Gasteiger partial charge in [-0.25, -0.2) is 17.9 Å². The van der Waals surface area contributed by atoms with Crippen LogP contribution < -0.4 is 4.72 Å². The summed E-state index contributed by atoms with van der Waals surface area (Å²) in [6, 6.07) is -0.906. The van der Waals surface area contributed by atoms with Crippen molar-refractivity contribution in [1.82, 2.24) is 4.72 Å². The molecular formula is C20H43NO7PS+. The molecule has 0 aromatic rings. The molecule has 8 nitrogen and oxygen atoms in total. The van der Waals surface area contributed by atoms with Gasteiger partial charge in [0.15, 0.2) is 0 Å². The van der Waals surface area contributed by atoms with Crippen LogP contribution >= 0.6 is 7.94 Å². The van der Waals surface area contributed by atoms with Crippen LogP contribution in [0.5, 0.6) is 0 Å². The Bertz CT molecular complexity index is 552. The van der Waals surface area contributed by atoms with Crippen molar-refractivity contribution in [3.63, 3.8) is 0 Å². The van der Waals surface area contributed by atoms with E-state index in [1.807, 2.05) is 6.92 Å². The molecule has 0 aliphatic rings. The Labute approximate surface area is 183 Å². The minimum absolute atomic E-state index is 0.0506. The first-order valence-electron chi connectivity index (χ1n) is 11.3. The van der Waals surface area contributed by atoms with E-state index in [1.165, 1.54) is 25.7 Å². The highest BCUT2D eigenvalue weighted by Gasteiger charge is 2.44. The molecule has 0 bridgehead atoms. The van der Waals surface area contributed by atoms with E-state index >= 15 is 0 Å². The van der Waals surface area contributed by atoms with Gasteiger partial charge in [0.05, 0.1) is 18.3 Å². The van der Waals surface area contributed by atoms with Crippen LogP contribution in [0.4, 0.5) is 0 Å². The molecule has 0 saturated carbocycles. The third-order valence-corrected chi connectivity index (χ3v) is 7.49. The van der Waals surface area contributed by atoms with Crippen LogP contribution in [0.25, 0.3) is 0 Å². The molecule has 30 heavy (non-hydrogen) atoms. The molecule has 0 saturated heterocycles. The van der Waals surface area contributed by atoms with Gasteiger partial charge >= 0.3 is 13.5 Å². The van der Waals surface area contributed by atoms with Gasteiger partial charge in [0.1, 0.15) is 0 Å². The number of hydrogen-bond donors (Lipinski definition) is 5. The summed E-state index contributed by atoms with van der Waals surface area (Å²) >= 11 is 0. The molecule has 0 rings (SSSR count). The number of nitrogens with one attached hydrogen (secondary N) is 1. The van der Waals surface area contributed by atoms with Gasteiger partial charge in [0.2, 0.25) is 10.0 Å². The van der Waals surface area contributed by atoms with Crippen molar-refractivity contribution in [3.05, 3.63) is 0 Å². The number of carbonyl (C=O) groups is 1. The number of carbonyl (C=O) groups excluding carboxylic acids is 1. The van der Waals surface area contributed by atoms with Crippen molar-refractivity contribution in [2.45, 2.75) is 116 Å². The Morgan fingerprint density at radius 3 is 1.80 bits per heavy atom. The molecule has 0 aromatic carbocycles. The van der Waals surface area contributed by atoms with E-state index < -0.39 is 42.1 Å². The second kappa shape index (κ2) is 16.5. The first kappa shape index (κ1) is 29.9. The molecule has 180 valence electrons. The molecule has 2 unspecified atom stereocenters. The fraction of sp³-hybridized carbons (Fsp3) is 0.950. The van der Waals surface area contributed by atoms with E-state index in [9.17, 15) is 18.3 Å². The molecule has 0 aliphatic carbocycles. The third kappa shape index (κ3) is 15.6. The molecule has 0 spiro atoms. The van der Waals surface area contributed by atoms with E-state index in [0.717, 1.165) is 38.5 Å². The molecule has 10 heteroatoms. The molecule has 0 amide bonds. The lowest BCUT2D eigenvalue weighted by molar-refractivity contribution is -0.116. The highest BCUT2D eigenvalue weighted by molar-refractivity contribution is 7.89. The van der Waals surface area contributed by atoms with Gasteiger partial charge in [-0.15, -0.1) is 0 Å². The Morgan fingerprint density at radius 1 is 0.833 bits per heavy atom. The normalized spacial score (nSPS) is 14.6. The topological polar surface area (TPSA) is 144 Å². The average Bonchev–Trinajstić information content (AvgIpc) is 2.65. The number of hydrogen-bond acceptors (Lipinski definition) is 7.